The summed E-state index contributed by atoms with van der Waals surface area (Å²) in [5.74, 6) is -0.113. The first-order chi connectivity index (χ1) is 9.64. The van der Waals surface area contributed by atoms with Gasteiger partial charge in [-0.15, -0.1) is 0 Å². The van der Waals surface area contributed by atoms with E-state index < -0.39 is 0 Å². The second-order valence-corrected chi connectivity index (χ2v) is 5.90. The Kier molecular flexibility index (Phi) is 11.8. The van der Waals surface area contributed by atoms with E-state index in [-0.39, 0.29) is 18.0 Å². The highest BCUT2D eigenvalue weighted by molar-refractivity contribution is 5.69. The van der Waals surface area contributed by atoms with Crippen LogP contribution in [-0.2, 0) is 9.53 Å². The summed E-state index contributed by atoms with van der Waals surface area (Å²) in [6.07, 6.45) is 10.6. The minimum atomic E-state index is -0.240. The van der Waals surface area contributed by atoms with Crippen molar-refractivity contribution in [3.8, 4) is 0 Å². The van der Waals surface area contributed by atoms with E-state index in [9.17, 15) is 9.90 Å². The van der Waals surface area contributed by atoms with Crippen molar-refractivity contribution in [3.05, 3.63) is 0 Å². The number of aliphatic hydroxyl groups excluding tert-OH is 1. The van der Waals surface area contributed by atoms with Crippen LogP contribution in [0.4, 0.5) is 0 Å². The Bertz CT molecular complexity index is 226. The number of rotatable bonds is 13. The van der Waals surface area contributed by atoms with Gasteiger partial charge in [-0.1, -0.05) is 59.3 Å². The Hall–Kier alpha value is -0.570. The first-order valence-electron chi connectivity index (χ1n) is 8.40. The van der Waals surface area contributed by atoms with Gasteiger partial charge < -0.3 is 9.84 Å². The summed E-state index contributed by atoms with van der Waals surface area (Å²) in [4.78, 5) is 11.7. The van der Waals surface area contributed by atoms with Gasteiger partial charge in [0.1, 0.15) is 0 Å². The molecule has 0 fully saturated rings. The van der Waals surface area contributed by atoms with Crippen molar-refractivity contribution >= 4 is 5.97 Å². The van der Waals surface area contributed by atoms with E-state index in [4.69, 9.17) is 4.74 Å². The van der Waals surface area contributed by atoms with Crippen molar-refractivity contribution < 1.29 is 14.6 Å². The number of ether oxygens (including phenoxy) is 1. The first-order valence-corrected chi connectivity index (χ1v) is 8.40. The zero-order valence-electron chi connectivity index (χ0n) is 13.7. The molecule has 0 bridgehead atoms. The molecule has 0 aromatic carbocycles. The Morgan fingerprint density at radius 3 is 2.00 bits per heavy atom. The molecular formula is C17H34O3. The summed E-state index contributed by atoms with van der Waals surface area (Å²) < 4.78 is 5.33. The minimum absolute atomic E-state index is 0.0880. The molecule has 0 aliphatic rings. The summed E-state index contributed by atoms with van der Waals surface area (Å²) in [7, 11) is 0. The number of esters is 1. The molecule has 0 amide bonds. The topological polar surface area (TPSA) is 46.5 Å². The van der Waals surface area contributed by atoms with Gasteiger partial charge in [-0.25, -0.2) is 0 Å². The van der Waals surface area contributed by atoms with Gasteiger partial charge in [0.05, 0.1) is 13.2 Å². The van der Waals surface area contributed by atoms with Gasteiger partial charge in [0.15, 0.2) is 0 Å². The number of aliphatic hydroxyl groups is 1. The van der Waals surface area contributed by atoms with Crippen LogP contribution < -0.4 is 0 Å². The van der Waals surface area contributed by atoms with Gasteiger partial charge in [-0.2, -0.15) is 0 Å². The molecule has 0 unspecified atom stereocenters. The monoisotopic (exact) mass is 286 g/mol. The van der Waals surface area contributed by atoms with Gasteiger partial charge in [0, 0.05) is 11.8 Å². The maximum Gasteiger partial charge on any atom is 0.305 e. The zero-order valence-corrected chi connectivity index (χ0v) is 13.7. The van der Waals surface area contributed by atoms with Crippen molar-refractivity contribution in [3.63, 3.8) is 0 Å². The molecule has 0 saturated carbocycles. The van der Waals surface area contributed by atoms with Gasteiger partial charge in [0.2, 0.25) is 0 Å². The van der Waals surface area contributed by atoms with Crippen molar-refractivity contribution in [2.75, 3.05) is 13.2 Å². The second-order valence-electron chi connectivity index (χ2n) is 5.90. The smallest absolute Gasteiger partial charge is 0.305 e. The van der Waals surface area contributed by atoms with Crippen molar-refractivity contribution in [1.29, 1.82) is 0 Å². The lowest BCUT2D eigenvalue weighted by Crippen LogP contribution is -2.31. The SMILES string of the molecule is CCCCCCCCCC(=O)OCC(CC)(CC)CO. The van der Waals surface area contributed by atoms with E-state index in [0.29, 0.717) is 13.0 Å². The molecule has 3 heteroatoms. The third-order valence-corrected chi connectivity index (χ3v) is 4.36. The van der Waals surface area contributed by atoms with Gasteiger partial charge in [0.25, 0.3) is 0 Å². The standard InChI is InChI=1S/C17H34O3/c1-4-7-8-9-10-11-12-13-16(19)20-15-17(5-2,6-3)14-18/h18H,4-15H2,1-3H3. The molecule has 0 aromatic rings. The molecule has 20 heavy (non-hydrogen) atoms. The fourth-order valence-electron chi connectivity index (χ4n) is 2.26. The maximum atomic E-state index is 11.7. The Labute approximate surface area is 125 Å². The maximum absolute atomic E-state index is 11.7. The molecular weight excluding hydrogens is 252 g/mol. The lowest BCUT2D eigenvalue weighted by atomic mass is 9.84. The van der Waals surface area contributed by atoms with E-state index in [1.54, 1.807) is 0 Å². The summed E-state index contributed by atoms with van der Waals surface area (Å²) in [5.41, 5.74) is -0.240. The highest BCUT2D eigenvalue weighted by atomic mass is 16.5. The number of unbranched alkanes of at least 4 members (excludes halogenated alkanes) is 6. The normalized spacial score (nSPS) is 11.6. The van der Waals surface area contributed by atoms with E-state index >= 15 is 0 Å². The summed E-state index contributed by atoms with van der Waals surface area (Å²) in [6, 6.07) is 0. The Balaban J connectivity index is 3.63. The predicted molar refractivity (Wildman–Crippen MR) is 83.7 cm³/mol. The van der Waals surface area contributed by atoms with Crippen LogP contribution in [0.5, 0.6) is 0 Å². The molecule has 1 N–H and O–H groups in total. The molecule has 0 heterocycles. The van der Waals surface area contributed by atoms with Crippen LogP contribution in [0, 0.1) is 5.41 Å². The molecule has 120 valence electrons. The first kappa shape index (κ1) is 19.4. The van der Waals surface area contributed by atoms with Crippen LogP contribution in [0.25, 0.3) is 0 Å². The summed E-state index contributed by atoms with van der Waals surface area (Å²) in [6.45, 7) is 6.72. The third kappa shape index (κ3) is 8.57. The van der Waals surface area contributed by atoms with Gasteiger partial charge in [-0.3, -0.25) is 4.79 Å². The Morgan fingerprint density at radius 1 is 0.950 bits per heavy atom. The average Bonchev–Trinajstić information content (AvgIpc) is 2.48. The van der Waals surface area contributed by atoms with Crippen molar-refractivity contribution in [2.45, 2.75) is 85.0 Å². The second kappa shape index (κ2) is 12.2. The largest absolute Gasteiger partial charge is 0.465 e. The van der Waals surface area contributed by atoms with E-state index in [1.807, 2.05) is 13.8 Å². The van der Waals surface area contributed by atoms with Crippen molar-refractivity contribution in [1.82, 2.24) is 0 Å². The summed E-state index contributed by atoms with van der Waals surface area (Å²) >= 11 is 0. The van der Waals surface area contributed by atoms with Crippen LogP contribution in [0.15, 0.2) is 0 Å². The fourth-order valence-corrected chi connectivity index (χ4v) is 2.26. The highest BCUT2D eigenvalue weighted by Crippen LogP contribution is 2.26. The Morgan fingerprint density at radius 2 is 1.50 bits per heavy atom. The third-order valence-electron chi connectivity index (χ3n) is 4.36. The average molecular weight is 286 g/mol. The number of carbonyl (C=O) groups is 1. The van der Waals surface area contributed by atoms with Crippen LogP contribution in [0.3, 0.4) is 0 Å². The number of carbonyl (C=O) groups excluding carboxylic acids is 1. The minimum Gasteiger partial charge on any atom is -0.465 e. The van der Waals surface area contributed by atoms with Crippen LogP contribution in [-0.4, -0.2) is 24.3 Å². The van der Waals surface area contributed by atoms with Crippen LogP contribution in [0.2, 0.25) is 0 Å². The van der Waals surface area contributed by atoms with E-state index in [0.717, 1.165) is 25.7 Å². The fraction of sp³-hybridized carbons (Fsp3) is 0.941. The van der Waals surface area contributed by atoms with Crippen LogP contribution >= 0.6 is 0 Å². The number of hydrogen-bond donors (Lipinski definition) is 1. The molecule has 0 spiro atoms. The highest BCUT2D eigenvalue weighted by Gasteiger charge is 2.27. The number of hydrogen-bond acceptors (Lipinski definition) is 3. The molecule has 0 aromatic heterocycles. The van der Waals surface area contributed by atoms with Gasteiger partial charge >= 0.3 is 5.97 Å². The lowest BCUT2D eigenvalue weighted by molar-refractivity contribution is -0.148. The van der Waals surface area contributed by atoms with Crippen LogP contribution in [0.1, 0.15) is 85.0 Å². The molecule has 0 rings (SSSR count). The molecule has 0 aliphatic carbocycles. The van der Waals surface area contributed by atoms with Crippen molar-refractivity contribution in [2.24, 2.45) is 5.41 Å². The van der Waals surface area contributed by atoms with Gasteiger partial charge in [-0.05, 0) is 19.3 Å². The van der Waals surface area contributed by atoms with E-state index in [2.05, 4.69) is 6.92 Å². The lowest BCUT2D eigenvalue weighted by Gasteiger charge is -2.28. The predicted octanol–water partition coefficient (Wildman–Crippen LogP) is 4.47. The molecule has 0 aliphatic heterocycles. The quantitative estimate of drug-likeness (QED) is 0.401. The molecule has 3 nitrogen and oxygen atoms in total. The summed E-state index contributed by atoms with van der Waals surface area (Å²) in [5, 5.41) is 9.41. The molecule has 0 radical (unpaired) electrons. The van der Waals surface area contributed by atoms with E-state index in [1.165, 1.54) is 32.1 Å². The molecule has 0 atom stereocenters. The molecule has 0 saturated heterocycles. The zero-order chi connectivity index (χ0) is 15.3.